The number of rotatable bonds is 9. The number of nitrogens with zero attached hydrogens (tertiary/aromatic N) is 3. The SMILES string of the molecule is COc1cccc(Cc2nsc(N3CCC(CNC(=O)c4ccc(OC)cc4OC)CC3)n2)c1. The third kappa shape index (κ3) is 5.77. The molecule has 1 fully saturated rings. The van der Waals surface area contributed by atoms with Crippen LogP contribution < -0.4 is 24.4 Å². The van der Waals surface area contributed by atoms with E-state index in [0.29, 0.717) is 35.9 Å². The molecular formula is C25H30N4O4S. The molecule has 0 spiro atoms. The van der Waals surface area contributed by atoms with Crippen molar-refractivity contribution in [3.8, 4) is 17.2 Å². The van der Waals surface area contributed by atoms with Gasteiger partial charge >= 0.3 is 0 Å². The molecule has 1 saturated heterocycles. The van der Waals surface area contributed by atoms with Crippen LogP contribution in [0.3, 0.4) is 0 Å². The average Bonchev–Trinajstić information content (AvgIpc) is 3.35. The second-order valence-corrected chi connectivity index (χ2v) is 8.96. The summed E-state index contributed by atoms with van der Waals surface area (Å²) >= 11 is 1.45. The minimum atomic E-state index is -0.131. The molecule has 1 N–H and O–H groups in total. The van der Waals surface area contributed by atoms with Crippen LogP contribution in [0.15, 0.2) is 42.5 Å². The van der Waals surface area contributed by atoms with Gasteiger partial charge in [-0.2, -0.15) is 4.37 Å². The summed E-state index contributed by atoms with van der Waals surface area (Å²) < 4.78 is 20.4. The van der Waals surface area contributed by atoms with E-state index in [0.717, 1.165) is 48.2 Å². The minimum Gasteiger partial charge on any atom is -0.497 e. The Hall–Kier alpha value is -3.33. The predicted octanol–water partition coefficient (Wildman–Crippen LogP) is 3.80. The Bertz CT molecular complexity index is 1110. The predicted molar refractivity (Wildman–Crippen MR) is 133 cm³/mol. The quantitative estimate of drug-likeness (QED) is 0.496. The molecule has 34 heavy (non-hydrogen) atoms. The molecule has 0 atom stereocenters. The lowest BCUT2D eigenvalue weighted by molar-refractivity contribution is 0.0942. The molecular weight excluding hydrogens is 452 g/mol. The molecule has 1 aliphatic rings. The van der Waals surface area contributed by atoms with E-state index in [4.69, 9.17) is 19.2 Å². The summed E-state index contributed by atoms with van der Waals surface area (Å²) in [6.45, 7) is 2.44. The van der Waals surface area contributed by atoms with Gasteiger partial charge in [-0.1, -0.05) is 12.1 Å². The van der Waals surface area contributed by atoms with Gasteiger partial charge in [-0.05, 0) is 48.6 Å². The summed E-state index contributed by atoms with van der Waals surface area (Å²) in [6.07, 6.45) is 2.67. The normalized spacial score (nSPS) is 14.0. The lowest BCUT2D eigenvalue weighted by Gasteiger charge is -2.31. The highest BCUT2D eigenvalue weighted by molar-refractivity contribution is 7.09. The second-order valence-electron chi connectivity index (χ2n) is 8.23. The topological polar surface area (TPSA) is 85.8 Å². The smallest absolute Gasteiger partial charge is 0.255 e. The highest BCUT2D eigenvalue weighted by Gasteiger charge is 2.23. The first-order valence-electron chi connectivity index (χ1n) is 11.3. The lowest BCUT2D eigenvalue weighted by Crippen LogP contribution is -2.38. The first-order valence-corrected chi connectivity index (χ1v) is 12.1. The van der Waals surface area contributed by atoms with Crippen LogP contribution in [0.5, 0.6) is 17.2 Å². The van der Waals surface area contributed by atoms with E-state index in [1.54, 1.807) is 39.5 Å². The number of amides is 1. The molecule has 2 heterocycles. The van der Waals surface area contributed by atoms with Crippen molar-refractivity contribution >= 4 is 22.6 Å². The van der Waals surface area contributed by atoms with Gasteiger partial charge in [-0.25, -0.2) is 4.98 Å². The molecule has 3 aromatic rings. The van der Waals surface area contributed by atoms with Crippen LogP contribution >= 0.6 is 11.5 Å². The zero-order chi connectivity index (χ0) is 23.9. The van der Waals surface area contributed by atoms with Gasteiger partial charge in [0.25, 0.3) is 5.91 Å². The fourth-order valence-corrected chi connectivity index (χ4v) is 4.79. The van der Waals surface area contributed by atoms with Gasteiger partial charge in [-0.15, -0.1) is 0 Å². The summed E-state index contributed by atoms with van der Waals surface area (Å²) in [5.74, 6) is 3.13. The van der Waals surface area contributed by atoms with Crippen LogP contribution in [-0.4, -0.2) is 56.2 Å². The number of ether oxygens (including phenoxy) is 3. The van der Waals surface area contributed by atoms with Gasteiger partial charge in [-0.3, -0.25) is 4.79 Å². The Morgan fingerprint density at radius 2 is 1.82 bits per heavy atom. The van der Waals surface area contributed by atoms with Crippen molar-refractivity contribution in [3.05, 3.63) is 59.4 Å². The second kappa shape index (κ2) is 11.2. The molecule has 0 unspecified atom stereocenters. The number of hydrogen-bond donors (Lipinski definition) is 1. The zero-order valence-corrected chi connectivity index (χ0v) is 20.6. The van der Waals surface area contributed by atoms with E-state index >= 15 is 0 Å². The number of hydrogen-bond acceptors (Lipinski definition) is 8. The maximum atomic E-state index is 12.7. The van der Waals surface area contributed by atoms with Crippen LogP contribution in [0.4, 0.5) is 5.13 Å². The molecule has 0 bridgehead atoms. The third-order valence-corrected chi connectivity index (χ3v) is 6.86. The molecule has 0 saturated carbocycles. The van der Waals surface area contributed by atoms with Gasteiger partial charge < -0.3 is 24.4 Å². The zero-order valence-electron chi connectivity index (χ0n) is 19.7. The molecule has 0 aliphatic carbocycles. The monoisotopic (exact) mass is 482 g/mol. The number of aromatic nitrogens is 2. The molecule has 1 aromatic heterocycles. The summed E-state index contributed by atoms with van der Waals surface area (Å²) in [4.78, 5) is 19.7. The van der Waals surface area contributed by atoms with Crippen molar-refractivity contribution in [3.63, 3.8) is 0 Å². The summed E-state index contributed by atoms with van der Waals surface area (Å²) in [7, 11) is 4.81. The molecule has 8 nitrogen and oxygen atoms in total. The van der Waals surface area contributed by atoms with Crippen molar-refractivity contribution in [2.45, 2.75) is 19.3 Å². The maximum Gasteiger partial charge on any atom is 0.255 e. The van der Waals surface area contributed by atoms with Crippen LogP contribution in [0.25, 0.3) is 0 Å². The van der Waals surface area contributed by atoms with E-state index in [-0.39, 0.29) is 5.91 Å². The average molecular weight is 483 g/mol. The fourth-order valence-electron chi connectivity index (χ4n) is 4.06. The van der Waals surface area contributed by atoms with Crippen LogP contribution in [0, 0.1) is 5.92 Å². The molecule has 0 radical (unpaired) electrons. The van der Waals surface area contributed by atoms with E-state index in [1.165, 1.54) is 11.5 Å². The Morgan fingerprint density at radius 3 is 2.56 bits per heavy atom. The Morgan fingerprint density at radius 1 is 1.06 bits per heavy atom. The minimum absolute atomic E-state index is 0.131. The van der Waals surface area contributed by atoms with Gasteiger partial charge in [0, 0.05) is 43.7 Å². The van der Waals surface area contributed by atoms with Gasteiger partial charge in [0.05, 0.1) is 26.9 Å². The number of carbonyl (C=O) groups excluding carboxylic acids is 1. The number of carbonyl (C=O) groups is 1. The van der Waals surface area contributed by atoms with Crippen molar-refractivity contribution in [1.82, 2.24) is 14.7 Å². The van der Waals surface area contributed by atoms with E-state index in [1.807, 2.05) is 18.2 Å². The lowest BCUT2D eigenvalue weighted by atomic mass is 9.97. The van der Waals surface area contributed by atoms with E-state index in [9.17, 15) is 4.79 Å². The number of anilines is 1. The van der Waals surface area contributed by atoms with E-state index in [2.05, 4.69) is 20.7 Å². The number of piperidine rings is 1. The van der Waals surface area contributed by atoms with Crippen molar-refractivity contribution in [2.24, 2.45) is 5.92 Å². The number of benzene rings is 2. The van der Waals surface area contributed by atoms with Gasteiger partial charge in [0.1, 0.15) is 23.1 Å². The van der Waals surface area contributed by atoms with Crippen LogP contribution in [-0.2, 0) is 6.42 Å². The first-order chi connectivity index (χ1) is 16.6. The Balaban J connectivity index is 1.26. The van der Waals surface area contributed by atoms with Gasteiger partial charge in [0.2, 0.25) is 5.13 Å². The Labute approximate surface area is 204 Å². The van der Waals surface area contributed by atoms with Gasteiger partial charge in [0.15, 0.2) is 0 Å². The van der Waals surface area contributed by atoms with E-state index < -0.39 is 0 Å². The van der Waals surface area contributed by atoms with Crippen LogP contribution in [0.2, 0.25) is 0 Å². The van der Waals surface area contributed by atoms with Crippen molar-refractivity contribution in [1.29, 1.82) is 0 Å². The standard InChI is InChI=1S/C25H30N4O4S/c1-31-19-6-4-5-18(13-19)14-23-27-25(34-28-23)29-11-9-17(10-12-29)16-26-24(30)21-8-7-20(32-2)15-22(21)33-3/h4-8,13,15,17H,9-12,14,16H2,1-3H3,(H,26,30). The summed E-state index contributed by atoms with van der Waals surface area (Å²) in [6, 6.07) is 13.2. The maximum absolute atomic E-state index is 12.7. The fraction of sp³-hybridized carbons (Fsp3) is 0.400. The summed E-state index contributed by atoms with van der Waals surface area (Å²) in [5.41, 5.74) is 1.64. The van der Waals surface area contributed by atoms with Crippen molar-refractivity contribution < 1.29 is 19.0 Å². The molecule has 9 heteroatoms. The largest absolute Gasteiger partial charge is 0.497 e. The molecule has 180 valence electrons. The van der Waals surface area contributed by atoms with Crippen molar-refractivity contribution in [2.75, 3.05) is 45.9 Å². The number of methoxy groups -OCH3 is 3. The molecule has 1 aliphatic heterocycles. The highest BCUT2D eigenvalue weighted by Crippen LogP contribution is 2.27. The summed E-state index contributed by atoms with van der Waals surface area (Å²) in [5, 5.41) is 4.02. The Kier molecular flexibility index (Phi) is 7.84. The molecule has 4 rings (SSSR count). The highest BCUT2D eigenvalue weighted by atomic mass is 32.1. The molecule has 1 amide bonds. The van der Waals surface area contributed by atoms with Crippen LogP contribution in [0.1, 0.15) is 34.6 Å². The first kappa shape index (κ1) is 23.8. The molecule has 2 aromatic carbocycles. The third-order valence-electron chi connectivity index (χ3n) is 6.04. The number of nitrogens with one attached hydrogen (secondary N) is 1.